The number of nitrogens with one attached hydrogen (secondary N) is 1. The number of imidazole rings is 1. The molecule has 114 valence electrons. The molecule has 0 aliphatic heterocycles. The minimum Gasteiger partial charge on any atom is -0.341 e. The van der Waals surface area contributed by atoms with E-state index in [1.165, 1.54) is 17.5 Å². The highest BCUT2D eigenvalue weighted by Gasteiger charge is 2.23. The SMILES string of the molecule is CC[C@H](NC(=O)c1nc2ccc(Cl)cn2c1F)c1nccs1. The summed E-state index contributed by atoms with van der Waals surface area (Å²) in [7, 11) is 0. The molecule has 0 bridgehead atoms. The van der Waals surface area contributed by atoms with Gasteiger partial charge in [-0.05, 0) is 18.6 Å². The number of carbonyl (C=O) groups excluding carboxylic acids is 1. The van der Waals surface area contributed by atoms with Gasteiger partial charge in [-0.15, -0.1) is 11.3 Å². The van der Waals surface area contributed by atoms with Gasteiger partial charge in [0.2, 0.25) is 5.95 Å². The molecule has 0 unspecified atom stereocenters. The van der Waals surface area contributed by atoms with Gasteiger partial charge < -0.3 is 5.32 Å². The first-order chi connectivity index (χ1) is 10.6. The first kappa shape index (κ1) is 14.9. The van der Waals surface area contributed by atoms with E-state index in [1.54, 1.807) is 18.3 Å². The van der Waals surface area contributed by atoms with E-state index in [1.807, 2.05) is 12.3 Å². The van der Waals surface area contributed by atoms with Gasteiger partial charge in [0.15, 0.2) is 5.69 Å². The molecule has 22 heavy (non-hydrogen) atoms. The van der Waals surface area contributed by atoms with E-state index in [2.05, 4.69) is 15.3 Å². The molecular formula is C14H12ClFN4OS. The topological polar surface area (TPSA) is 59.3 Å². The zero-order chi connectivity index (χ0) is 15.7. The van der Waals surface area contributed by atoms with Crippen molar-refractivity contribution >= 4 is 34.5 Å². The van der Waals surface area contributed by atoms with Crippen molar-refractivity contribution in [3.05, 3.63) is 51.6 Å². The number of aromatic nitrogens is 3. The number of amides is 1. The van der Waals surface area contributed by atoms with Crippen LogP contribution in [0.5, 0.6) is 0 Å². The number of fused-ring (bicyclic) bond motifs is 1. The molecule has 0 spiro atoms. The Hall–Kier alpha value is -1.99. The van der Waals surface area contributed by atoms with Crippen molar-refractivity contribution in [2.24, 2.45) is 0 Å². The molecule has 3 aromatic rings. The maximum atomic E-state index is 14.3. The number of nitrogens with zero attached hydrogens (tertiary/aromatic N) is 3. The number of rotatable bonds is 4. The fourth-order valence-electron chi connectivity index (χ4n) is 2.11. The Morgan fingerprint density at radius 2 is 2.36 bits per heavy atom. The molecular weight excluding hydrogens is 327 g/mol. The number of carbonyl (C=O) groups is 1. The largest absolute Gasteiger partial charge is 0.341 e. The molecule has 3 rings (SSSR count). The number of halogens is 2. The third-order valence-electron chi connectivity index (χ3n) is 3.20. The highest BCUT2D eigenvalue weighted by molar-refractivity contribution is 7.09. The van der Waals surface area contributed by atoms with E-state index in [0.29, 0.717) is 17.1 Å². The minimum absolute atomic E-state index is 0.253. The summed E-state index contributed by atoms with van der Waals surface area (Å²) in [4.78, 5) is 20.5. The monoisotopic (exact) mass is 338 g/mol. The van der Waals surface area contributed by atoms with Gasteiger partial charge in [-0.25, -0.2) is 9.97 Å². The van der Waals surface area contributed by atoms with Crippen LogP contribution in [0.2, 0.25) is 5.02 Å². The van der Waals surface area contributed by atoms with Crippen LogP contribution in [-0.4, -0.2) is 20.3 Å². The smallest absolute Gasteiger partial charge is 0.275 e. The average Bonchev–Trinajstić information content (AvgIpc) is 3.14. The molecule has 3 aromatic heterocycles. The summed E-state index contributed by atoms with van der Waals surface area (Å²) in [6.45, 7) is 1.92. The maximum absolute atomic E-state index is 14.3. The second-order valence-corrected chi connectivity index (χ2v) is 5.99. The molecule has 5 nitrogen and oxygen atoms in total. The molecule has 0 fully saturated rings. The summed E-state index contributed by atoms with van der Waals surface area (Å²) in [6.07, 6.45) is 3.70. The molecule has 0 aliphatic rings. The number of thiazole rings is 1. The lowest BCUT2D eigenvalue weighted by atomic mass is 10.2. The minimum atomic E-state index is -0.732. The second kappa shape index (κ2) is 6.02. The van der Waals surface area contributed by atoms with Gasteiger partial charge in [0.05, 0.1) is 11.1 Å². The van der Waals surface area contributed by atoms with Crippen molar-refractivity contribution < 1.29 is 9.18 Å². The van der Waals surface area contributed by atoms with E-state index >= 15 is 0 Å². The van der Waals surface area contributed by atoms with E-state index in [-0.39, 0.29) is 11.7 Å². The van der Waals surface area contributed by atoms with Crippen LogP contribution >= 0.6 is 22.9 Å². The van der Waals surface area contributed by atoms with Gasteiger partial charge >= 0.3 is 0 Å². The van der Waals surface area contributed by atoms with Crippen molar-refractivity contribution in [1.82, 2.24) is 19.7 Å². The predicted molar refractivity (Wildman–Crippen MR) is 82.8 cm³/mol. The zero-order valence-electron chi connectivity index (χ0n) is 11.6. The summed E-state index contributed by atoms with van der Waals surface area (Å²) >= 11 is 7.27. The molecule has 0 aromatic carbocycles. The Labute approximate surface area is 134 Å². The van der Waals surface area contributed by atoms with Gasteiger partial charge in [0.25, 0.3) is 5.91 Å². The summed E-state index contributed by atoms with van der Waals surface area (Å²) < 4.78 is 15.5. The van der Waals surface area contributed by atoms with Crippen LogP contribution in [0.3, 0.4) is 0 Å². The fraction of sp³-hybridized carbons (Fsp3) is 0.214. The predicted octanol–water partition coefficient (Wildman–Crippen LogP) is 3.46. The van der Waals surface area contributed by atoms with Gasteiger partial charge in [0.1, 0.15) is 10.7 Å². The van der Waals surface area contributed by atoms with Crippen molar-refractivity contribution in [1.29, 1.82) is 0 Å². The van der Waals surface area contributed by atoms with Crippen molar-refractivity contribution in [3.8, 4) is 0 Å². The molecule has 0 radical (unpaired) electrons. The third-order valence-corrected chi connectivity index (χ3v) is 4.32. The number of hydrogen-bond acceptors (Lipinski definition) is 4. The van der Waals surface area contributed by atoms with Crippen molar-refractivity contribution in [2.75, 3.05) is 0 Å². The first-order valence-corrected chi connectivity index (χ1v) is 7.89. The number of pyridine rings is 1. The quantitative estimate of drug-likeness (QED) is 0.792. The summed E-state index contributed by atoms with van der Waals surface area (Å²) in [5.41, 5.74) is 0.0756. The molecule has 1 atom stereocenters. The lowest BCUT2D eigenvalue weighted by Crippen LogP contribution is -2.29. The molecule has 0 saturated heterocycles. The Kier molecular flexibility index (Phi) is 4.08. The summed E-state index contributed by atoms with van der Waals surface area (Å²) in [5, 5.41) is 5.74. The Balaban J connectivity index is 1.90. The molecule has 3 heterocycles. The zero-order valence-corrected chi connectivity index (χ0v) is 13.2. The van der Waals surface area contributed by atoms with Crippen LogP contribution in [0.15, 0.2) is 29.9 Å². The van der Waals surface area contributed by atoms with E-state index in [9.17, 15) is 9.18 Å². The van der Waals surface area contributed by atoms with E-state index in [0.717, 1.165) is 9.41 Å². The highest BCUT2D eigenvalue weighted by Crippen LogP contribution is 2.20. The van der Waals surface area contributed by atoms with Crippen LogP contribution in [0, 0.1) is 5.95 Å². The summed E-state index contributed by atoms with van der Waals surface area (Å²) in [6, 6.07) is 2.88. The van der Waals surface area contributed by atoms with Crippen LogP contribution in [0.25, 0.3) is 5.65 Å². The standard InChI is InChI=1S/C14H12ClFN4OS/c1-2-9(14-17-5-6-22-14)18-13(21)11-12(16)20-7-8(15)3-4-10(20)19-11/h3-7,9H,2H2,1H3,(H,18,21)/t9-/m0/s1. The van der Waals surface area contributed by atoms with Crippen LogP contribution < -0.4 is 5.32 Å². The van der Waals surface area contributed by atoms with Crippen molar-refractivity contribution in [3.63, 3.8) is 0 Å². The summed E-state index contributed by atoms with van der Waals surface area (Å²) in [5.74, 6) is -1.30. The lowest BCUT2D eigenvalue weighted by molar-refractivity contribution is 0.0926. The highest BCUT2D eigenvalue weighted by atomic mass is 35.5. The average molecular weight is 339 g/mol. The molecule has 0 saturated carbocycles. The van der Waals surface area contributed by atoms with Crippen molar-refractivity contribution in [2.45, 2.75) is 19.4 Å². The van der Waals surface area contributed by atoms with Gasteiger partial charge in [-0.1, -0.05) is 18.5 Å². The first-order valence-electron chi connectivity index (χ1n) is 6.63. The molecule has 0 aliphatic carbocycles. The Morgan fingerprint density at radius 3 is 3.05 bits per heavy atom. The second-order valence-electron chi connectivity index (χ2n) is 4.63. The molecule has 8 heteroatoms. The van der Waals surface area contributed by atoms with Crippen LogP contribution in [0.1, 0.15) is 34.9 Å². The lowest BCUT2D eigenvalue weighted by Gasteiger charge is -2.13. The van der Waals surface area contributed by atoms with Gasteiger partial charge in [-0.2, -0.15) is 4.39 Å². The Bertz CT molecular complexity index is 818. The number of hydrogen-bond donors (Lipinski definition) is 1. The van der Waals surface area contributed by atoms with Gasteiger partial charge in [0, 0.05) is 17.8 Å². The molecule has 1 amide bonds. The third kappa shape index (κ3) is 2.69. The molecule has 1 N–H and O–H groups in total. The fourth-order valence-corrected chi connectivity index (χ4v) is 3.04. The maximum Gasteiger partial charge on any atom is 0.275 e. The Morgan fingerprint density at radius 1 is 1.55 bits per heavy atom. The van der Waals surface area contributed by atoms with Crippen LogP contribution in [0.4, 0.5) is 4.39 Å². The van der Waals surface area contributed by atoms with Crippen LogP contribution in [-0.2, 0) is 0 Å². The van der Waals surface area contributed by atoms with Gasteiger partial charge in [-0.3, -0.25) is 9.20 Å². The normalized spacial score (nSPS) is 12.5. The van der Waals surface area contributed by atoms with E-state index in [4.69, 9.17) is 11.6 Å². The van der Waals surface area contributed by atoms with E-state index < -0.39 is 11.9 Å².